The van der Waals surface area contributed by atoms with Crippen molar-refractivity contribution in [2.75, 3.05) is 17.7 Å². The summed E-state index contributed by atoms with van der Waals surface area (Å²) in [5, 5.41) is 5.88. The quantitative estimate of drug-likeness (QED) is 0.552. The lowest BCUT2D eigenvalue weighted by Crippen LogP contribution is -2.11. The summed E-state index contributed by atoms with van der Waals surface area (Å²) in [7, 11) is 1.56. The standard InChI is InChI=1S/C21H19N3O3S.ClH/c1-14-19(20(26)23-16-9-6-10-17(13-16)27-2)28-21(22-14)24-18(25)12-11-15-7-4-3-5-8-15;/h3-13H,1-2H3,(H,23,26)(H,22,24,25);1H/b12-11+;. The molecule has 0 radical (unpaired) electrons. The van der Waals surface area contributed by atoms with E-state index < -0.39 is 0 Å². The predicted molar refractivity (Wildman–Crippen MR) is 119 cm³/mol. The second kappa shape index (κ2) is 10.4. The zero-order chi connectivity index (χ0) is 19.9. The zero-order valence-corrected chi connectivity index (χ0v) is 17.5. The summed E-state index contributed by atoms with van der Waals surface area (Å²) in [6.45, 7) is 1.73. The topological polar surface area (TPSA) is 80.3 Å². The van der Waals surface area contributed by atoms with Gasteiger partial charge >= 0.3 is 0 Å². The molecule has 0 aliphatic carbocycles. The van der Waals surface area contributed by atoms with Gasteiger partial charge in [0.1, 0.15) is 10.6 Å². The number of anilines is 2. The van der Waals surface area contributed by atoms with E-state index in [9.17, 15) is 9.59 Å². The first kappa shape index (κ1) is 22.1. The number of nitrogens with zero attached hydrogens (tertiary/aromatic N) is 1. The number of hydrogen-bond donors (Lipinski definition) is 2. The van der Waals surface area contributed by atoms with Crippen LogP contribution in [0, 0.1) is 6.92 Å². The van der Waals surface area contributed by atoms with E-state index in [1.165, 1.54) is 6.08 Å². The van der Waals surface area contributed by atoms with Crippen molar-refractivity contribution in [3.63, 3.8) is 0 Å². The highest BCUT2D eigenvalue weighted by molar-refractivity contribution is 7.17. The van der Waals surface area contributed by atoms with Crippen molar-refractivity contribution in [2.45, 2.75) is 6.92 Å². The maximum atomic E-state index is 12.5. The second-order valence-electron chi connectivity index (χ2n) is 5.85. The molecule has 0 spiro atoms. The van der Waals surface area contributed by atoms with Crippen LogP contribution < -0.4 is 15.4 Å². The van der Waals surface area contributed by atoms with Crippen molar-refractivity contribution < 1.29 is 14.3 Å². The molecule has 1 aromatic heterocycles. The van der Waals surface area contributed by atoms with E-state index in [0.717, 1.165) is 16.9 Å². The van der Waals surface area contributed by atoms with Crippen molar-refractivity contribution in [3.8, 4) is 5.75 Å². The number of carbonyl (C=O) groups is 2. The number of methoxy groups -OCH3 is 1. The molecule has 0 unspecified atom stereocenters. The summed E-state index contributed by atoms with van der Waals surface area (Å²) < 4.78 is 5.15. The first-order valence-electron chi connectivity index (χ1n) is 8.52. The van der Waals surface area contributed by atoms with E-state index >= 15 is 0 Å². The number of benzene rings is 2. The van der Waals surface area contributed by atoms with E-state index in [1.54, 1.807) is 44.4 Å². The van der Waals surface area contributed by atoms with E-state index in [-0.39, 0.29) is 24.2 Å². The number of thiazole rings is 1. The largest absolute Gasteiger partial charge is 0.497 e. The van der Waals surface area contributed by atoms with Crippen LogP contribution in [0.25, 0.3) is 6.08 Å². The highest BCUT2D eigenvalue weighted by Gasteiger charge is 2.16. The number of halogens is 1. The minimum absolute atomic E-state index is 0. The Morgan fingerprint density at radius 2 is 1.83 bits per heavy atom. The third-order valence-electron chi connectivity index (χ3n) is 3.79. The Labute approximate surface area is 179 Å². The normalized spacial score (nSPS) is 10.3. The van der Waals surface area contributed by atoms with E-state index in [0.29, 0.717) is 27.1 Å². The Bertz CT molecular complexity index is 1020. The molecule has 3 aromatic rings. The van der Waals surface area contributed by atoms with Crippen molar-refractivity contribution in [1.82, 2.24) is 4.98 Å². The number of carbonyl (C=O) groups excluding carboxylic acids is 2. The highest BCUT2D eigenvalue weighted by atomic mass is 35.5. The Hall–Kier alpha value is -3.16. The summed E-state index contributed by atoms with van der Waals surface area (Å²) in [6, 6.07) is 16.6. The number of amides is 2. The van der Waals surface area contributed by atoms with Crippen LogP contribution in [0.3, 0.4) is 0 Å². The van der Waals surface area contributed by atoms with Crippen LogP contribution in [0.2, 0.25) is 0 Å². The fourth-order valence-electron chi connectivity index (χ4n) is 2.43. The average molecular weight is 430 g/mol. The van der Waals surface area contributed by atoms with Crippen LogP contribution in [0.5, 0.6) is 5.75 Å². The van der Waals surface area contributed by atoms with E-state index in [2.05, 4.69) is 15.6 Å². The number of rotatable bonds is 6. The summed E-state index contributed by atoms with van der Waals surface area (Å²) >= 11 is 1.13. The molecule has 0 aliphatic heterocycles. The lowest BCUT2D eigenvalue weighted by Gasteiger charge is -2.06. The monoisotopic (exact) mass is 429 g/mol. The Kier molecular flexibility index (Phi) is 7.94. The van der Waals surface area contributed by atoms with Gasteiger partial charge in [0.15, 0.2) is 5.13 Å². The van der Waals surface area contributed by atoms with Gasteiger partial charge in [-0.15, -0.1) is 12.4 Å². The van der Waals surface area contributed by atoms with Gasteiger partial charge in [-0.1, -0.05) is 47.7 Å². The summed E-state index contributed by atoms with van der Waals surface area (Å²) in [6.07, 6.45) is 3.15. The molecule has 2 amide bonds. The van der Waals surface area contributed by atoms with Crippen LogP contribution in [0.15, 0.2) is 60.7 Å². The molecular weight excluding hydrogens is 410 g/mol. The fraction of sp³-hybridized carbons (Fsp3) is 0.0952. The van der Waals surface area contributed by atoms with E-state index in [1.807, 2.05) is 30.3 Å². The first-order valence-corrected chi connectivity index (χ1v) is 9.34. The SMILES string of the molecule is COc1cccc(NC(=O)c2sc(NC(=O)/C=C/c3ccccc3)nc2C)c1.Cl. The van der Waals surface area contributed by atoms with Crippen LogP contribution in [-0.2, 0) is 4.79 Å². The highest BCUT2D eigenvalue weighted by Crippen LogP contribution is 2.24. The fourth-order valence-corrected chi connectivity index (χ4v) is 3.30. The van der Waals surface area contributed by atoms with Crippen molar-refractivity contribution in [2.24, 2.45) is 0 Å². The molecular formula is C21H20ClN3O3S. The molecule has 2 aromatic carbocycles. The number of ether oxygens (including phenoxy) is 1. The lowest BCUT2D eigenvalue weighted by atomic mass is 10.2. The van der Waals surface area contributed by atoms with Gasteiger partial charge in [-0.05, 0) is 30.7 Å². The van der Waals surface area contributed by atoms with Crippen molar-refractivity contribution in [1.29, 1.82) is 0 Å². The molecule has 0 atom stereocenters. The van der Waals surface area contributed by atoms with Crippen molar-refractivity contribution >= 4 is 52.5 Å². The molecule has 150 valence electrons. The molecule has 0 fully saturated rings. The number of aromatic nitrogens is 1. The molecule has 2 N–H and O–H groups in total. The second-order valence-corrected chi connectivity index (χ2v) is 6.85. The molecule has 29 heavy (non-hydrogen) atoms. The Morgan fingerprint density at radius 1 is 1.07 bits per heavy atom. The third kappa shape index (κ3) is 6.17. The number of nitrogens with one attached hydrogen (secondary N) is 2. The molecule has 1 heterocycles. The van der Waals surface area contributed by atoms with Crippen LogP contribution in [-0.4, -0.2) is 23.9 Å². The Morgan fingerprint density at radius 3 is 2.55 bits per heavy atom. The van der Waals surface area contributed by atoms with Crippen LogP contribution in [0.1, 0.15) is 20.9 Å². The minimum Gasteiger partial charge on any atom is -0.497 e. The third-order valence-corrected chi connectivity index (χ3v) is 4.86. The van der Waals surface area contributed by atoms with Gasteiger partial charge in [0, 0.05) is 17.8 Å². The molecule has 0 saturated carbocycles. The maximum Gasteiger partial charge on any atom is 0.267 e. The van der Waals surface area contributed by atoms with Gasteiger partial charge in [0.2, 0.25) is 5.91 Å². The predicted octanol–water partition coefficient (Wildman–Crippen LogP) is 4.79. The Balaban J connectivity index is 0.00000300. The minimum atomic E-state index is -0.308. The molecule has 8 heteroatoms. The molecule has 6 nitrogen and oxygen atoms in total. The summed E-state index contributed by atoms with van der Waals surface area (Å²) in [5.74, 6) is 0.0536. The first-order chi connectivity index (χ1) is 13.5. The smallest absolute Gasteiger partial charge is 0.267 e. The van der Waals surface area contributed by atoms with Gasteiger partial charge in [-0.2, -0.15) is 0 Å². The van der Waals surface area contributed by atoms with E-state index in [4.69, 9.17) is 4.74 Å². The van der Waals surface area contributed by atoms with Gasteiger partial charge in [0.05, 0.1) is 12.8 Å². The van der Waals surface area contributed by atoms with Crippen molar-refractivity contribution in [3.05, 3.63) is 76.8 Å². The van der Waals surface area contributed by atoms with Gasteiger partial charge in [-0.25, -0.2) is 4.98 Å². The summed E-state index contributed by atoms with van der Waals surface area (Å²) in [5.41, 5.74) is 2.09. The van der Waals surface area contributed by atoms with Gasteiger partial charge in [-0.3, -0.25) is 14.9 Å². The maximum absolute atomic E-state index is 12.5. The molecule has 3 rings (SSSR count). The van der Waals surface area contributed by atoms with Crippen LogP contribution in [0.4, 0.5) is 10.8 Å². The molecule has 0 saturated heterocycles. The summed E-state index contributed by atoms with van der Waals surface area (Å²) in [4.78, 5) is 29.3. The number of hydrogen-bond acceptors (Lipinski definition) is 5. The lowest BCUT2D eigenvalue weighted by molar-refractivity contribution is -0.111. The zero-order valence-electron chi connectivity index (χ0n) is 15.8. The molecule has 0 aliphatic rings. The number of aryl methyl sites for hydroxylation is 1. The van der Waals surface area contributed by atoms with Gasteiger partial charge < -0.3 is 10.1 Å². The average Bonchev–Trinajstić information content (AvgIpc) is 3.07. The van der Waals surface area contributed by atoms with Gasteiger partial charge in [0.25, 0.3) is 5.91 Å². The van der Waals surface area contributed by atoms with Crippen LogP contribution >= 0.6 is 23.7 Å². The molecule has 0 bridgehead atoms.